The van der Waals surface area contributed by atoms with Gasteiger partial charge in [-0.2, -0.15) is 0 Å². The van der Waals surface area contributed by atoms with Crippen LogP contribution in [0.25, 0.3) is 0 Å². The molecule has 0 amide bonds. The van der Waals surface area contributed by atoms with Crippen molar-refractivity contribution in [2.24, 2.45) is 0 Å². The number of hydrogen-bond donors (Lipinski definition) is 1. The van der Waals surface area contributed by atoms with Crippen molar-refractivity contribution >= 4 is 23.0 Å². The Morgan fingerprint density at radius 3 is 2.29 bits per heavy atom. The van der Waals surface area contributed by atoms with Gasteiger partial charge in [0.25, 0.3) is 0 Å². The van der Waals surface area contributed by atoms with Crippen LogP contribution in [0, 0.1) is 0 Å². The van der Waals surface area contributed by atoms with E-state index >= 15 is 0 Å². The van der Waals surface area contributed by atoms with Crippen molar-refractivity contribution in [2.75, 3.05) is 0 Å². The van der Waals surface area contributed by atoms with Crippen molar-refractivity contribution in [2.45, 2.75) is 44.8 Å². The van der Waals surface area contributed by atoms with Gasteiger partial charge < -0.3 is 9.29 Å². The molecule has 1 aromatic rings. The van der Waals surface area contributed by atoms with Crippen LogP contribution in [0.1, 0.15) is 39.3 Å². The van der Waals surface area contributed by atoms with Gasteiger partial charge in [0.15, 0.2) is 0 Å². The first-order chi connectivity index (χ1) is 9.38. The molecule has 0 spiro atoms. The molecule has 2 atom stereocenters. The van der Waals surface area contributed by atoms with Crippen molar-refractivity contribution in [3.8, 4) is 5.75 Å². The number of alkyl halides is 3. The minimum Gasteiger partial charge on any atom is -0.598 e. The zero-order chi connectivity index (χ0) is 16.4. The van der Waals surface area contributed by atoms with Gasteiger partial charge in [-0.3, -0.25) is 0 Å². The SMILES string of the molecule is C[C@@H](N[S+]([O-])C(C)(C)C)c1cc(Cl)cc(OC(F)(F)F)c1. The van der Waals surface area contributed by atoms with Gasteiger partial charge in [-0.25, -0.2) is 0 Å². The maximum absolute atomic E-state index is 12.2. The molecule has 0 heterocycles. The molecule has 0 aliphatic rings. The Hall–Kier alpha value is -0.630. The summed E-state index contributed by atoms with van der Waals surface area (Å²) in [6.07, 6.45) is -4.78. The lowest BCUT2D eigenvalue weighted by Gasteiger charge is -2.26. The predicted octanol–water partition coefficient (Wildman–Crippen LogP) is 4.35. The van der Waals surface area contributed by atoms with Gasteiger partial charge in [0.2, 0.25) is 0 Å². The monoisotopic (exact) mass is 343 g/mol. The second-order valence-corrected chi connectivity index (χ2v) is 7.92. The van der Waals surface area contributed by atoms with Crippen molar-refractivity contribution in [1.29, 1.82) is 0 Å². The third-order valence-corrected chi connectivity index (χ3v) is 4.37. The van der Waals surface area contributed by atoms with Crippen molar-refractivity contribution in [3.63, 3.8) is 0 Å². The van der Waals surface area contributed by atoms with E-state index in [0.717, 1.165) is 6.07 Å². The average Bonchev–Trinajstić information content (AvgIpc) is 2.24. The molecule has 0 aliphatic heterocycles. The van der Waals surface area contributed by atoms with E-state index in [1.807, 2.05) is 0 Å². The van der Waals surface area contributed by atoms with Crippen molar-refractivity contribution in [3.05, 3.63) is 28.8 Å². The lowest BCUT2D eigenvalue weighted by atomic mass is 10.1. The van der Waals surface area contributed by atoms with Crippen LogP contribution in [0.5, 0.6) is 5.75 Å². The molecule has 0 fully saturated rings. The van der Waals surface area contributed by atoms with Gasteiger partial charge in [-0.1, -0.05) is 11.6 Å². The summed E-state index contributed by atoms with van der Waals surface area (Å²) in [5.41, 5.74) is 0.458. The molecular weight excluding hydrogens is 327 g/mol. The molecule has 3 nitrogen and oxygen atoms in total. The summed E-state index contributed by atoms with van der Waals surface area (Å²) in [6.45, 7) is 7.06. The maximum Gasteiger partial charge on any atom is 0.573 e. The molecule has 1 rings (SSSR count). The van der Waals surface area contributed by atoms with Crippen molar-refractivity contribution < 1.29 is 22.5 Å². The van der Waals surface area contributed by atoms with Crippen LogP contribution < -0.4 is 9.46 Å². The second-order valence-electron chi connectivity index (χ2n) is 5.49. The largest absolute Gasteiger partial charge is 0.598 e. The number of benzene rings is 1. The molecule has 1 aromatic carbocycles. The topological polar surface area (TPSA) is 44.3 Å². The van der Waals surface area contributed by atoms with E-state index < -0.39 is 34.3 Å². The summed E-state index contributed by atoms with van der Waals surface area (Å²) < 4.78 is 54.9. The Morgan fingerprint density at radius 1 is 1.24 bits per heavy atom. The normalized spacial score (nSPS) is 15.7. The molecule has 120 valence electrons. The Balaban J connectivity index is 2.92. The number of hydrogen-bond acceptors (Lipinski definition) is 3. The fraction of sp³-hybridized carbons (Fsp3) is 0.538. The summed E-state index contributed by atoms with van der Waals surface area (Å²) in [6, 6.07) is 3.35. The molecule has 1 unspecified atom stereocenters. The van der Waals surface area contributed by atoms with Crippen LogP contribution in [0.4, 0.5) is 13.2 Å². The first-order valence-corrected chi connectivity index (χ1v) is 7.65. The summed E-state index contributed by atoms with van der Waals surface area (Å²) in [4.78, 5) is 0. The number of halogens is 4. The minimum absolute atomic E-state index is 0.113. The molecule has 21 heavy (non-hydrogen) atoms. The van der Waals surface area contributed by atoms with E-state index in [1.165, 1.54) is 12.1 Å². The molecule has 8 heteroatoms. The molecule has 1 N–H and O–H groups in total. The van der Waals surface area contributed by atoms with Crippen LogP contribution in [0.2, 0.25) is 5.02 Å². The van der Waals surface area contributed by atoms with Gasteiger partial charge in [0.05, 0.1) is 6.04 Å². The first kappa shape index (κ1) is 18.4. The quantitative estimate of drug-likeness (QED) is 0.826. The van der Waals surface area contributed by atoms with E-state index in [9.17, 15) is 17.7 Å². The van der Waals surface area contributed by atoms with Crippen LogP contribution in [0.3, 0.4) is 0 Å². The molecule has 0 saturated heterocycles. The lowest BCUT2D eigenvalue weighted by molar-refractivity contribution is -0.274. The Morgan fingerprint density at radius 2 is 1.81 bits per heavy atom. The van der Waals surface area contributed by atoms with Gasteiger partial charge in [0, 0.05) is 16.4 Å². The Labute approximate surface area is 130 Å². The molecular formula is C13H17ClF3NO2S. The summed E-state index contributed by atoms with van der Waals surface area (Å²) in [5, 5.41) is 0.113. The molecule has 0 bridgehead atoms. The summed E-state index contributed by atoms with van der Waals surface area (Å²) in [7, 11) is 0. The second kappa shape index (κ2) is 6.64. The van der Waals surface area contributed by atoms with Gasteiger partial charge in [-0.05, 0) is 51.5 Å². The van der Waals surface area contributed by atoms with Gasteiger partial charge in [0.1, 0.15) is 10.5 Å². The van der Waals surface area contributed by atoms with Gasteiger partial charge in [-0.15, -0.1) is 17.9 Å². The van der Waals surface area contributed by atoms with Gasteiger partial charge >= 0.3 is 6.36 Å². The van der Waals surface area contributed by atoms with E-state index in [2.05, 4.69) is 9.46 Å². The van der Waals surface area contributed by atoms with E-state index in [4.69, 9.17) is 11.6 Å². The molecule has 0 saturated carbocycles. The predicted molar refractivity (Wildman–Crippen MR) is 77.6 cm³/mol. The number of rotatable bonds is 4. The Bertz CT molecular complexity index is 491. The Kier molecular flexibility index (Phi) is 5.83. The number of nitrogens with one attached hydrogen (secondary N) is 1. The fourth-order valence-electron chi connectivity index (χ4n) is 1.43. The highest BCUT2D eigenvalue weighted by molar-refractivity contribution is 7.90. The standard InChI is InChI=1S/C13H17ClF3NO2S/c1-8(18-21(19)12(2,3)4)9-5-10(14)7-11(6-9)20-13(15,16)17/h5-8,18H,1-4H3/t8-,21?/m1/s1. The van der Waals surface area contributed by atoms with Crippen LogP contribution in [-0.2, 0) is 11.4 Å². The van der Waals surface area contributed by atoms with Crippen LogP contribution >= 0.6 is 11.6 Å². The zero-order valence-corrected chi connectivity index (χ0v) is 13.6. The molecule has 0 aliphatic carbocycles. The third-order valence-electron chi connectivity index (χ3n) is 2.47. The van der Waals surface area contributed by atoms with Crippen molar-refractivity contribution in [1.82, 2.24) is 4.72 Å². The van der Waals surface area contributed by atoms with Crippen LogP contribution in [0.15, 0.2) is 18.2 Å². The smallest absolute Gasteiger partial charge is 0.573 e. The highest BCUT2D eigenvalue weighted by Gasteiger charge is 2.32. The molecule has 0 aromatic heterocycles. The molecule has 0 radical (unpaired) electrons. The highest BCUT2D eigenvalue weighted by Crippen LogP contribution is 2.30. The van der Waals surface area contributed by atoms with E-state index in [0.29, 0.717) is 5.56 Å². The minimum atomic E-state index is -4.78. The third kappa shape index (κ3) is 6.34. The number of ether oxygens (including phenoxy) is 1. The van der Waals surface area contributed by atoms with Crippen LogP contribution in [-0.4, -0.2) is 15.7 Å². The maximum atomic E-state index is 12.2. The summed E-state index contributed by atoms with van der Waals surface area (Å²) >= 11 is 4.44. The summed E-state index contributed by atoms with van der Waals surface area (Å²) in [5.74, 6) is -0.403. The zero-order valence-electron chi connectivity index (χ0n) is 12.0. The highest BCUT2D eigenvalue weighted by atomic mass is 35.5. The lowest BCUT2D eigenvalue weighted by Crippen LogP contribution is -2.40. The average molecular weight is 344 g/mol. The van der Waals surface area contributed by atoms with E-state index in [-0.39, 0.29) is 5.02 Å². The first-order valence-electron chi connectivity index (χ1n) is 6.13. The fourth-order valence-corrected chi connectivity index (χ4v) is 2.48. The van der Waals surface area contributed by atoms with E-state index in [1.54, 1.807) is 27.7 Å².